The maximum Gasteiger partial charge on any atom is 0.179 e. The van der Waals surface area contributed by atoms with Gasteiger partial charge in [0.1, 0.15) is 0 Å². The fourth-order valence-corrected chi connectivity index (χ4v) is 16.6. The number of hydrogen-bond acceptors (Lipinski definition) is 1. The first-order valence-electron chi connectivity index (χ1n) is 22.0. The number of benzene rings is 10. The van der Waals surface area contributed by atoms with E-state index in [0.29, 0.717) is 0 Å². The number of para-hydroxylation sites is 2. The predicted molar refractivity (Wildman–Crippen MR) is 277 cm³/mol. The summed E-state index contributed by atoms with van der Waals surface area (Å²) in [5.74, 6) is 0. The lowest BCUT2D eigenvalue weighted by Crippen LogP contribution is -2.74. The average Bonchev–Trinajstić information content (AvgIpc) is 4.03. The van der Waals surface area contributed by atoms with Crippen LogP contribution in [0.3, 0.4) is 0 Å². The summed E-state index contributed by atoms with van der Waals surface area (Å²) in [7, 11) is -2.74. The number of aromatic nitrogens is 2. The summed E-state index contributed by atoms with van der Waals surface area (Å²) in [6, 6.07) is 90.5. The summed E-state index contributed by atoms with van der Waals surface area (Å²) in [4.78, 5) is 0. The van der Waals surface area contributed by atoms with E-state index in [2.05, 4.69) is 252 Å². The Labute approximate surface area is 376 Å². The normalized spacial score (nSPS) is 12.1. The number of hydrogen-bond donors (Lipinski definition) is 0. The maximum absolute atomic E-state index is 2.74. The fourth-order valence-electron chi connectivity index (χ4n) is 10.8. The van der Waals surface area contributed by atoms with E-state index in [0.717, 1.165) is 11.4 Å². The minimum Gasteiger partial charge on any atom is -0.309 e. The van der Waals surface area contributed by atoms with Crippen LogP contribution in [0.1, 0.15) is 0 Å². The highest BCUT2D eigenvalue weighted by molar-refractivity contribution is 7.25. The van der Waals surface area contributed by atoms with Crippen molar-refractivity contribution >= 4 is 104 Å². The van der Waals surface area contributed by atoms with Gasteiger partial charge < -0.3 is 9.13 Å². The summed E-state index contributed by atoms with van der Waals surface area (Å²) in [6.45, 7) is 0. The van der Waals surface area contributed by atoms with E-state index in [1.165, 1.54) is 95.7 Å². The van der Waals surface area contributed by atoms with Crippen molar-refractivity contribution in [3.8, 4) is 22.5 Å². The molecule has 0 atom stereocenters. The highest BCUT2D eigenvalue weighted by atomic mass is 32.1. The first kappa shape index (κ1) is 36.9. The molecule has 0 fully saturated rings. The average molecular weight is 849 g/mol. The van der Waals surface area contributed by atoms with Gasteiger partial charge in [-0.3, -0.25) is 0 Å². The van der Waals surface area contributed by atoms with Gasteiger partial charge in [-0.2, -0.15) is 0 Å². The molecule has 10 aromatic carbocycles. The Balaban J connectivity index is 1.01. The molecule has 0 spiro atoms. The molecule has 3 aromatic heterocycles. The summed E-state index contributed by atoms with van der Waals surface area (Å²) < 4.78 is 7.60. The van der Waals surface area contributed by atoms with Crippen LogP contribution < -0.4 is 20.7 Å². The molecule has 300 valence electrons. The third kappa shape index (κ3) is 5.50. The molecule has 0 radical (unpaired) electrons. The van der Waals surface area contributed by atoms with Gasteiger partial charge in [0, 0.05) is 53.1 Å². The van der Waals surface area contributed by atoms with E-state index in [1.807, 2.05) is 11.3 Å². The SMILES string of the molecule is c1ccc([Si](c2ccccc2)(c2ccccc2)c2cccc(-n3c4ccccc4c4cc(-n5c6ccccc6c6c(-c7ccc8sc9ccccc9c8c7)cccc65)ccc43)c2)cc1. The van der Waals surface area contributed by atoms with Crippen LogP contribution in [0, 0.1) is 0 Å². The Kier molecular flexibility index (Phi) is 8.45. The van der Waals surface area contributed by atoms with Crippen LogP contribution >= 0.6 is 11.3 Å². The molecule has 0 aliphatic heterocycles. The molecule has 3 heterocycles. The molecule has 0 bridgehead atoms. The topological polar surface area (TPSA) is 9.86 Å². The number of nitrogens with zero attached hydrogens (tertiary/aromatic N) is 2. The van der Waals surface area contributed by atoms with Crippen molar-refractivity contribution in [3.63, 3.8) is 0 Å². The van der Waals surface area contributed by atoms with Gasteiger partial charge in [-0.15, -0.1) is 11.3 Å². The molecule has 4 heteroatoms. The van der Waals surface area contributed by atoms with Crippen molar-refractivity contribution < 1.29 is 0 Å². The minimum atomic E-state index is -2.74. The molecular formula is C60H40N2SSi. The monoisotopic (exact) mass is 848 g/mol. The largest absolute Gasteiger partial charge is 0.309 e. The van der Waals surface area contributed by atoms with Crippen LogP contribution in [0.5, 0.6) is 0 Å². The maximum atomic E-state index is 2.48. The van der Waals surface area contributed by atoms with Crippen LogP contribution in [0.25, 0.3) is 86.3 Å². The van der Waals surface area contributed by atoms with Crippen molar-refractivity contribution in [3.05, 3.63) is 243 Å². The van der Waals surface area contributed by atoms with E-state index in [1.54, 1.807) is 0 Å². The third-order valence-corrected chi connectivity index (χ3v) is 19.4. The van der Waals surface area contributed by atoms with Crippen LogP contribution in [-0.4, -0.2) is 17.2 Å². The molecule has 0 aliphatic carbocycles. The lowest BCUT2D eigenvalue weighted by atomic mass is 9.98. The van der Waals surface area contributed by atoms with Gasteiger partial charge >= 0.3 is 0 Å². The smallest absolute Gasteiger partial charge is 0.179 e. The van der Waals surface area contributed by atoms with Crippen LogP contribution in [0.15, 0.2) is 243 Å². The summed E-state index contributed by atoms with van der Waals surface area (Å²) in [6.07, 6.45) is 0. The van der Waals surface area contributed by atoms with Gasteiger partial charge in [0.15, 0.2) is 8.07 Å². The van der Waals surface area contributed by atoms with Crippen LogP contribution in [-0.2, 0) is 0 Å². The fraction of sp³-hybridized carbons (Fsp3) is 0. The Morgan fingerprint density at radius 2 is 0.812 bits per heavy atom. The molecule has 2 nitrogen and oxygen atoms in total. The second-order valence-corrected chi connectivity index (χ2v) is 21.7. The van der Waals surface area contributed by atoms with Crippen molar-refractivity contribution in [1.29, 1.82) is 0 Å². The second kappa shape index (κ2) is 14.7. The van der Waals surface area contributed by atoms with Gasteiger partial charge in [0.2, 0.25) is 0 Å². The van der Waals surface area contributed by atoms with Gasteiger partial charge in [0.25, 0.3) is 0 Å². The predicted octanol–water partition coefficient (Wildman–Crippen LogP) is 13.3. The summed E-state index contributed by atoms with van der Waals surface area (Å²) in [5.41, 5.74) is 9.59. The lowest BCUT2D eigenvalue weighted by molar-refractivity contribution is 1.17. The Hall–Kier alpha value is -7.76. The first-order valence-corrected chi connectivity index (χ1v) is 24.8. The molecule has 0 saturated carbocycles. The van der Waals surface area contributed by atoms with E-state index in [-0.39, 0.29) is 0 Å². The standard InChI is InChI=1S/C60H40N2SSi/c1-4-19-44(20-5-1)64(45-21-6-2-7-22-45,46-23-8-3-9-24-46)47-25-16-18-42(39-47)61-54-30-13-10-26-49(54)52-40-43(35-36-56(52)61)62-55-31-14-11-28-51(55)60-48(29-17-32-57(60)62)41-34-37-59-53(38-41)50-27-12-15-33-58(50)63-59/h1-40H. The molecule has 0 unspecified atom stereocenters. The van der Waals surface area contributed by atoms with Gasteiger partial charge in [-0.25, -0.2) is 0 Å². The van der Waals surface area contributed by atoms with E-state index in [9.17, 15) is 0 Å². The van der Waals surface area contributed by atoms with Crippen molar-refractivity contribution in [1.82, 2.24) is 9.13 Å². The summed E-state index contributed by atoms with van der Waals surface area (Å²) in [5, 5.41) is 13.1. The zero-order valence-corrected chi connectivity index (χ0v) is 36.7. The molecule has 0 amide bonds. The van der Waals surface area contributed by atoms with E-state index < -0.39 is 8.07 Å². The molecule has 0 saturated heterocycles. The first-order chi connectivity index (χ1) is 31.8. The molecular weight excluding hydrogens is 809 g/mol. The number of thiophene rings is 1. The molecule has 0 aliphatic rings. The van der Waals surface area contributed by atoms with Gasteiger partial charge in [0.05, 0.1) is 22.1 Å². The lowest BCUT2D eigenvalue weighted by Gasteiger charge is -2.34. The van der Waals surface area contributed by atoms with E-state index in [4.69, 9.17) is 0 Å². The zero-order valence-electron chi connectivity index (χ0n) is 34.9. The highest BCUT2D eigenvalue weighted by Gasteiger charge is 2.41. The highest BCUT2D eigenvalue weighted by Crippen LogP contribution is 2.42. The van der Waals surface area contributed by atoms with Crippen molar-refractivity contribution in [2.75, 3.05) is 0 Å². The van der Waals surface area contributed by atoms with Gasteiger partial charge in [-0.05, 0) is 98.6 Å². The third-order valence-electron chi connectivity index (χ3n) is 13.5. The van der Waals surface area contributed by atoms with Crippen LogP contribution in [0.2, 0.25) is 0 Å². The van der Waals surface area contributed by atoms with Crippen LogP contribution in [0.4, 0.5) is 0 Å². The van der Waals surface area contributed by atoms with Crippen molar-refractivity contribution in [2.45, 2.75) is 0 Å². The minimum absolute atomic E-state index is 1.15. The summed E-state index contributed by atoms with van der Waals surface area (Å²) >= 11 is 1.87. The molecule has 64 heavy (non-hydrogen) atoms. The molecule has 13 rings (SSSR count). The number of fused-ring (bicyclic) bond motifs is 9. The molecule has 0 N–H and O–H groups in total. The quantitative estimate of drug-likeness (QED) is 0.112. The zero-order chi connectivity index (χ0) is 42.2. The Bertz CT molecular complexity index is 3800. The second-order valence-electron chi connectivity index (χ2n) is 16.8. The Morgan fingerprint density at radius 1 is 0.297 bits per heavy atom. The van der Waals surface area contributed by atoms with E-state index >= 15 is 0 Å². The Morgan fingerprint density at radius 3 is 1.53 bits per heavy atom. The van der Waals surface area contributed by atoms with Gasteiger partial charge in [-0.1, -0.05) is 176 Å². The number of rotatable bonds is 7. The molecule has 13 aromatic rings. The van der Waals surface area contributed by atoms with Crippen molar-refractivity contribution in [2.24, 2.45) is 0 Å².